The van der Waals surface area contributed by atoms with Crippen LogP contribution < -0.4 is 16.6 Å². The van der Waals surface area contributed by atoms with Gasteiger partial charge < -0.3 is 15.5 Å². The van der Waals surface area contributed by atoms with Gasteiger partial charge in [-0.1, -0.05) is 13.3 Å². The molecule has 108 valence electrons. The number of alkyl halides is 2. The Kier molecular flexibility index (Phi) is 6.98. The van der Waals surface area contributed by atoms with Crippen LogP contribution in [0.15, 0.2) is 6.33 Å². The zero-order valence-corrected chi connectivity index (χ0v) is 10.8. The van der Waals surface area contributed by atoms with E-state index in [9.17, 15) is 8.78 Å². The number of nitrogens with zero attached hydrogens (tertiary/aromatic N) is 2. The molecule has 0 spiro atoms. The van der Waals surface area contributed by atoms with Gasteiger partial charge in [-0.15, -0.1) is 0 Å². The molecule has 1 rings (SSSR count). The molecular formula is C11H19F2N5O. The lowest BCUT2D eigenvalue weighted by Crippen LogP contribution is -2.17. The maximum Gasteiger partial charge on any atom is 0.261 e. The molecule has 8 heteroatoms. The molecule has 0 amide bonds. The third-order valence-electron chi connectivity index (χ3n) is 2.36. The molecule has 0 atom stereocenters. The molecule has 1 heterocycles. The Balaban J connectivity index is 2.52. The number of aromatic nitrogens is 2. The highest BCUT2D eigenvalue weighted by Crippen LogP contribution is 2.20. The number of hydrazine groups is 1. The first kappa shape index (κ1) is 15.5. The SMILES string of the molecule is CCCc1c(NN)ncnc1NCCOCC(F)F. The number of ether oxygens (including phenoxy) is 1. The van der Waals surface area contributed by atoms with Crippen molar-refractivity contribution < 1.29 is 13.5 Å². The molecule has 19 heavy (non-hydrogen) atoms. The number of halogens is 2. The van der Waals surface area contributed by atoms with Gasteiger partial charge in [-0.25, -0.2) is 24.6 Å². The second kappa shape index (κ2) is 8.54. The molecule has 1 aromatic heterocycles. The predicted octanol–water partition coefficient (Wildman–Crippen LogP) is 1.41. The Labute approximate surface area is 110 Å². The second-order valence-electron chi connectivity index (χ2n) is 3.84. The highest BCUT2D eigenvalue weighted by molar-refractivity contribution is 5.56. The minimum atomic E-state index is -2.44. The standard InChI is InChI=1S/C11H19F2N5O/c1-2-3-8-10(16-7-17-11(8)18-14)15-4-5-19-6-9(12)13/h7,9H,2-6,14H2,1H3,(H2,15,16,17,18). The van der Waals surface area contributed by atoms with Crippen LogP contribution in [-0.2, 0) is 11.2 Å². The number of hydrogen-bond donors (Lipinski definition) is 3. The maximum atomic E-state index is 11.9. The highest BCUT2D eigenvalue weighted by atomic mass is 19.3. The van der Waals surface area contributed by atoms with Gasteiger partial charge in [0.05, 0.1) is 6.61 Å². The molecule has 0 aliphatic heterocycles. The lowest BCUT2D eigenvalue weighted by atomic mass is 10.1. The summed E-state index contributed by atoms with van der Waals surface area (Å²) < 4.78 is 28.5. The predicted molar refractivity (Wildman–Crippen MR) is 69.1 cm³/mol. The normalized spacial score (nSPS) is 10.8. The Morgan fingerprint density at radius 2 is 2.11 bits per heavy atom. The summed E-state index contributed by atoms with van der Waals surface area (Å²) in [5, 5.41) is 3.03. The van der Waals surface area contributed by atoms with Crippen molar-refractivity contribution in [2.75, 3.05) is 30.5 Å². The summed E-state index contributed by atoms with van der Waals surface area (Å²) in [4.78, 5) is 8.14. The monoisotopic (exact) mass is 275 g/mol. The van der Waals surface area contributed by atoms with Gasteiger partial charge in [0.2, 0.25) is 0 Å². The van der Waals surface area contributed by atoms with Crippen LogP contribution in [0, 0.1) is 0 Å². The van der Waals surface area contributed by atoms with Crippen LogP contribution in [0.25, 0.3) is 0 Å². The molecule has 0 fully saturated rings. The summed E-state index contributed by atoms with van der Waals surface area (Å²) in [6.45, 7) is 2.06. The van der Waals surface area contributed by atoms with E-state index in [0.29, 0.717) is 18.2 Å². The van der Waals surface area contributed by atoms with E-state index in [4.69, 9.17) is 10.6 Å². The molecule has 0 bridgehead atoms. The number of nitrogens with two attached hydrogens (primary N) is 1. The van der Waals surface area contributed by atoms with Crippen LogP contribution >= 0.6 is 0 Å². The van der Waals surface area contributed by atoms with Crippen molar-refractivity contribution in [2.24, 2.45) is 5.84 Å². The number of rotatable bonds is 9. The van der Waals surface area contributed by atoms with Gasteiger partial charge in [0.25, 0.3) is 6.43 Å². The number of nitrogens with one attached hydrogen (secondary N) is 2. The van der Waals surface area contributed by atoms with Gasteiger partial charge >= 0.3 is 0 Å². The first-order valence-corrected chi connectivity index (χ1v) is 6.09. The molecule has 0 saturated heterocycles. The Morgan fingerprint density at radius 3 is 2.74 bits per heavy atom. The molecule has 0 radical (unpaired) electrons. The van der Waals surface area contributed by atoms with Gasteiger partial charge in [-0.05, 0) is 6.42 Å². The molecule has 6 nitrogen and oxygen atoms in total. The van der Waals surface area contributed by atoms with E-state index < -0.39 is 13.0 Å². The summed E-state index contributed by atoms with van der Waals surface area (Å²) in [6, 6.07) is 0. The molecular weight excluding hydrogens is 256 g/mol. The van der Waals surface area contributed by atoms with Gasteiger partial charge in [-0.2, -0.15) is 0 Å². The van der Waals surface area contributed by atoms with Crippen molar-refractivity contribution in [3.8, 4) is 0 Å². The van der Waals surface area contributed by atoms with Gasteiger partial charge in [0, 0.05) is 12.1 Å². The first-order valence-electron chi connectivity index (χ1n) is 6.09. The number of anilines is 2. The van der Waals surface area contributed by atoms with E-state index >= 15 is 0 Å². The smallest absolute Gasteiger partial charge is 0.261 e. The molecule has 0 aliphatic rings. The Morgan fingerprint density at radius 1 is 1.37 bits per heavy atom. The Hall–Kier alpha value is -1.54. The van der Waals surface area contributed by atoms with E-state index in [0.717, 1.165) is 18.4 Å². The van der Waals surface area contributed by atoms with Crippen LogP contribution in [0.5, 0.6) is 0 Å². The summed E-state index contributed by atoms with van der Waals surface area (Å²) >= 11 is 0. The summed E-state index contributed by atoms with van der Waals surface area (Å²) in [6.07, 6.45) is 0.623. The minimum Gasteiger partial charge on any atom is -0.374 e. The van der Waals surface area contributed by atoms with Crippen LogP contribution in [-0.4, -0.2) is 36.2 Å². The molecule has 4 N–H and O–H groups in total. The maximum absolute atomic E-state index is 11.9. The zero-order valence-electron chi connectivity index (χ0n) is 10.8. The van der Waals surface area contributed by atoms with E-state index in [-0.39, 0.29) is 6.61 Å². The summed E-state index contributed by atoms with van der Waals surface area (Å²) in [5.41, 5.74) is 3.39. The van der Waals surface area contributed by atoms with Crippen LogP contribution in [0.2, 0.25) is 0 Å². The van der Waals surface area contributed by atoms with Crippen molar-refractivity contribution in [3.05, 3.63) is 11.9 Å². The fraction of sp³-hybridized carbons (Fsp3) is 0.636. The van der Waals surface area contributed by atoms with Gasteiger partial charge in [0.15, 0.2) is 0 Å². The number of hydrogen-bond acceptors (Lipinski definition) is 6. The molecule has 0 aliphatic carbocycles. The third-order valence-corrected chi connectivity index (χ3v) is 2.36. The van der Waals surface area contributed by atoms with Crippen LogP contribution in [0.3, 0.4) is 0 Å². The lowest BCUT2D eigenvalue weighted by Gasteiger charge is -2.13. The van der Waals surface area contributed by atoms with Crippen molar-refractivity contribution >= 4 is 11.6 Å². The minimum absolute atomic E-state index is 0.186. The molecule has 0 aromatic carbocycles. The third kappa shape index (κ3) is 5.31. The summed E-state index contributed by atoms with van der Waals surface area (Å²) in [7, 11) is 0. The van der Waals surface area contributed by atoms with E-state index in [1.165, 1.54) is 6.33 Å². The Bertz CT molecular complexity index is 378. The van der Waals surface area contributed by atoms with Crippen molar-refractivity contribution in [1.29, 1.82) is 0 Å². The second-order valence-corrected chi connectivity index (χ2v) is 3.84. The van der Waals surface area contributed by atoms with E-state index in [2.05, 4.69) is 20.7 Å². The van der Waals surface area contributed by atoms with E-state index in [1.54, 1.807) is 0 Å². The van der Waals surface area contributed by atoms with Crippen molar-refractivity contribution in [3.63, 3.8) is 0 Å². The average Bonchev–Trinajstić information content (AvgIpc) is 2.39. The average molecular weight is 275 g/mol. The lowest BCUT2D eigenvalue weighted by molar-refractivity contribution is 0.0214. The molecule has 0 unspecified atom stereocenters. The highest BCUT2D eigenvalue weighted by Gasteiger charge is 2.09. The van der Waals surface area contributed by atoms with Gasteiger partial charge in [-0.3, -0.25) is 0 Å². The first-order chi connectivity index (χ1) is 9.19. The quantitative estimate of drug-likeness (QED) is 0.359. The zero-order chi connectivity index (χ0) is 14.1. The van der Waals surface area contributed by atoms with Crippen molar-refractivity contribution in [1.82, 2.24) is 9.97 Å². The van der Waals surface area contributed by atoms with Crippen LogP contribution in [0.4, 0.5) is 20.4 Å². The number of nitrogen functional groups attached to an aromatic ring is 1. The van der Waals surface area contributed by atoms with E-state index in [1.807, 2.05) is 6.92 Å². The van der Waals surface area contributed by atoms with Crippen molar-refractivity contribution in [2.45, 2.75) is 26.2 Å². The molecule has 0 saturated carbocycles. The topological polar surface area (TPSA) is 85.1 Å². The molecule has 1 aromatic rings. The summed E-state index contributed by atoms with van der Waals surface area (Å²) in [5.74, 6) is 6.59. The largest absolute Gasteiger partial charge is 0.374 e. The fourth-order valence-corrected chi connectivity index (χ4v) is 1.59. The van der Waals surface area contributed by atoms with Gasteiger partial charge in [0.1, 0.15) is 24.6 Å². The fourth-order valence-electron chi connectivity index (χ4n) is 1.59. The van der Waals surface area contributed by atoms with Crippen LogP contribution in [0.1, 0.15) is 18.9 Å².